The van der Waals surface area contributed by atoms with Crippen LogP contribution in [0.2, 0.25) is 5.02 Å². The SMILES string of the molecule is CCCCC(N)C(=O)Nc1ccc(Cl)cc1Br. The fourth-order valence-electron chi connectivity index (χ4n) is 1.37. The molecule has 17 heavy (non-hydrogen) atoms. The van der Waals surface area contributed by atoms with Crippen LogP contribution in [0.15, 0.2) is 22.7 Å². The molecule has 0 heterocycles. The zero-order valence-corrected chi connectivity index (χ0v) is 12.0. The van der Waals surface area contributed by atoms with Crippen molar-refractivity contribution in [2.45, 2.75) is 32.2 Å². The second-order valence-electron chi connectivity index (χ2n) is 3.86. The van der Waals surface area contributed by atoms with Gasteiger partial charge >= 0.3 is 0 Å². The van der Waals surface area contributed by atoms with Crippen LogP contribution < -0.4 is 11.1 Å². The summed E-state index contributed by atoms with van der Waals surface area (Å²) in [5.41, 5.74) is 6.46. The molecule has 1 aromatic carbocycles. The molecule has 0 radical (unpaired) electrons. The van der Waals surface area contributed by atoms with Crippen LogP contribution in [-0.2, 0) is 4.79 Å². The Hall–Kier alpha value is -0.580. The lowest BCUT2D eigenvalue weighted by molar-refractivity contribution is -0.117. The molecule has 0 spiro atoms. The summed E-state index contributed by atoms with van der Waals surface area (Å²) in [4.78, 5) is 11.8. The molecule has 5 heteroatoms. The van der Waals surface area contributed by atoms with E-state index in [1.54, 1.807) is 18.2 Å². The fourth-order valence-corrected chi connectivity index (χ4v) is 2.15. The Morgan fingerprint density at radius 3 is 2.88 bits per heavy atom. The molecule has 0 aliphatic rings. The molecule has 1 atom stereocenters. The molecule has 94 valence electrons. The third kappa shape index (κ3) is 4.66. The Morgan fingerprint density at radius 2 is 2.29 bits per heavy atom. The quantitative estimate of drug-likeness (QED) is 0.872. The van der Waals surface area contributed by atoms with Crippen LogP contribution >= 0.6 is 27.5 Å². The number of hydrogen-bond donors (Lipinski definition) is 2. The highest BCUT2D eigenvalue weighted by molar-refractivity contribution is 9.10. The van der Waals surface area contributed by atoms with E-state index in [1.807, 2.05) is 0 Å². The molecule has 0 saturated heterocycles. The van der Waals surface area contributed by atoms with Crippen molar-refractivity contribution in [3.8, 4) is 0 Å². The molecule has 1 unspecified atom stereocenters. The summed E-state index contributed by atoms with van der Waals surface area (Å²) in [6, 6.07) is 4.74. The molecule has 1 rings (SSSR count). The number of unbranched alkanes of at least 4 members (excludes halogenated alkanes) is 1. The topological polar surface area (TPSA) is 55.1 Å². The van der Waals surface area contributed by atoms with E-state index in [0.717, 1.165) is 17.3 Å². The van der Waals surface area contributed by atoms with Gasteiger partial charge in [-0.3, -0.25) is 4.79 Å². The van der Waals surface area contributed by atoms with Crippen LogP contribution in [0.3, 0.4) is 0 Å². The maximum absolute atomic E-state index is 11.8. The van der Waals surface area contributed by atoms with Crippen molar-refractivity contribution in [3.05, 3.63) is 27.7 Å². The Bertz CT molecular complexity index is 398. The molecule has 0 aromatic heterocycles. The van der Waals surface area contributed by atoms with E-state index in [-0.39, 0.29) is 5.91 Å². The summed E-state index contributed by atoms with van der Waals surface area (Å²) < 4.78 is 0.751. The van der Waals surface area contributed by atoms with Crippen molar-refractivity contribution in [1.82, 2.24) is 0 Å². The van der Waals surface area contributed by atoms with E-state index < -0.39 is 6.04 Å². The van der Waals surface area contributed by atoms with Gasteiger partial charge in [-0.15, -0.1) is 0 Å². The van der Waals surface area contributed by atoms with Gasteiger partial charge in [0.25, 0.3) is 0 Å². The molecule has 0 aliphatic carbocycles. The number of rotatable bonds is 5. The minimum absolute atomic E-state index is 0.165. The molecule has 0 saturated carbocycles. The molecule has 1 aromatic rings. The monoisotopic (exact) mass is 318 g/mol. The van der Waals surface area contributed by atoms with E-state index in [0.29, 0.717) is 17.1 Å². The number of carbonyl (C=O) groups excluding carboxylic acids is 1. The predicted octanol–water partition coefficient (Wildman–Crippen LogP) is 3.56. The van der Waals surface area contributed by atoms with Crippen molar-refractivity contribution < 1.29 is 4.79 Å². The van der Waals surface area contributed by atoms with E-state index in [1.165, 1.54) is 0 Å². The highest BCUT2D eigenvalue weighted by Crippen LogP contribution is 2.25. The van der Waals surface area contributed by atoms with E-state index in [9.17, 15) is 4.79 Å². The number of carbonyl (C=O) groups is 1. The van der Waals surface area contributed by atoms with Crippen molar-refractivity contribution in [2.24, 2.45) is 5.73 Å². The van der Waals surface area contributed by atoms with Crippen molar-refractivity contribution in [2.75, 3.05) is 5.32 Å². The average molecular weight is 320 g/mol. The minimum Gasteiger partial charge on any atom is -0.324 e. The summed E-state index contributed by atoms with van der Waals surface area (Å²) in [5.74, 6) is -0.165. The molecule has 3 nitrogen and oxygen atoms in total. The number of halogens is 2. The maximum Gasteiger partial charge on any atom is 0.241 e. The van der Waals surface area contributed by atoms with Gasteiger partial charge < -0.3 is 11.1 Å². The van der Waals surface area contributed by atoms with Crippen molar-refractivity contribution in [1.29, 1.82) is 0 Å². The van der Waals surface area contributed by atoms with Crippen LogP contribution in [0.25, 0.3) is 0 Å². The summed E-state index contributed by atoms with van der Waals surface area (Å²) >= 11 is 9.15. The number of amides is 1. The second kappa shape index (κ2) is 6.99. The number of benzene rings is 1. The highest BCUT2D eigenvalue weighted by Gasteiger charge is 2.13. The standard InChI is InChI=1S/C12H16BrClN2O/c1-2-3-4-10(15)12(17)16-11-6-5-8(14)7-9(11)13/h5-7,10H,2-4,15H2,1H3,(H,16,17). The van der Waals surface area contributed by atoms with Gasteiger partial charge in [-0.2, -0.15) is 0 Å². The second-order valence-corrected chi connectivity index (χ2v) is 5.15. The normalized spacial score (nSPS) is 12.2. The van der Waals surface area contributed by atoms with E-state index in [2.05, 4.69) is 28.2 Å². The summed E-state index contributed by atoms with van der Waals surface area (Å²) in [6.07, 6.45) is 2.69. The van der Waals surface area contributed by atoms with Gasteiger partial charge in [0.05, 0.1) is 11.7 Å². The van der Waals surface area contributed by atoms with Gasteiger partial charge in [0, 0.05) is 9.50 Å². The van der Waals surface area contributed by atoms with Crippen LogP contribution in [0.1, 0.15) is 26.2 Å². The van der Waals surface area contributed by atoms with Crippen LogP contribution in [0.4, 0.5) is 5.69 Å². The van der Waals surface area contributed by atoms with E-state index in [4.69, 9.17) is 17.3 Å². The third-order valence-electron chi connectivity index (χ3n) is 2.39. The van der Waals surface area contributed by atoms with Gasteiger partial charge in [0.15, 0.2) is 0 Å². The van der Waals surface area contributed by atoms with Crippen LogP contribution in [0.5, 0.6) is 0 Å². The Kier molecular flexibility index (Phi) is 5.95. The molecular weight excluding hydrogens is 304 g/mol. The van der Waals surface area contributed by atoms with Gasteiger partial charge in [-0.05, 0) is 40.5 Å². The highest BCUT2D eigenvalue weighted by atomic mass is 79.9. The number of anilines is 1. The zero-order valence-electron chi connectivity index (χ0n) is 9.67. The Labute approximate surface area is 115 Å². The first-order valence-corrected chi connectivity index (χ1v) is 6.73. The molecule has 0 bridgehead atoms. The predicted molar refractivity (Wildman–Crippen MR) is 75.3 cm³/mol. The average Bonchev–Trinajstić information content (AvgIpc) is 2.29. The number of hydrogen-bond acceptors (Lipinski definition) is 2. The molecule has 0 fully saturated rings. The first-order valence-electron chi connectivity index (χ1n) is 5.56. The number of nitrogens with one attached hydrogen (secondary N) is 1. The van der Waals surface area contributed by atoms with Crippen molar-refractivity contribution >= 4 is 39.1 Å². The van der Waals surface area contributed by atoms with Gasteiger partial charge in [0.2, 0.25) is 5.91 Å². The molecule has 0 aliphatic heterocycles. The molecule has 1 amide bonds. The minimum atomic E-state index is -0.461. The summed E-state index contributed by atoms with van der Waals surface area (Å²) in [5, 5.41) is 3.39. The lowest BCUT2D eigenvalue weighted by Gasteiger charge is -2.12. The maximum atomic E-state index is 11.8. The fraction of sp³-hybridized carbons (Fsp3) is 0.417. The third-order valence-corrected chi connectivity index (χ3v) is 3.29. The molecular formula is C12H16BrClN2O. The summed E-state index contributed by atoms with van der Waals surface area (Å²) in [7, 11) is 0. The van der Waals surface area contributed by atoms with E-state index >= 15 is 0 Å². The van der Waals surface area contributed by atoms with Crippen LogP contribution in [-0.4, -0.2) is 11.9 Å². The zero-order chi connectivity index (χ0) is 12.8. The lowest BCUT2D eigenvalue weighted by atomic mass is 10.1. The Balaban J connectivity index is 2.61. The van der Waals surface area contributed by atoms with Gasteiger partial charge in [-0.25, -0.2) is 0 Å². The lowest BCUT2D eigenvalue weighted by Crippen LogP contribution is -2.35. The smallest absolute Gasteiger partial charge is 0.241 e. The van der Waals surface area contributed by atoms with Crippen LogP contribution in [0, 0.1) is 0 Å². The largest absolute Gasteiger partial charge is 0.324 e. The van der Waals surface area contributed by atoms with Gasteiger partial charge in [0.1, 0.15) is 0 Å². The van der Waals surface area contributed by atoms with Gasteiger partial charge in [-0.1, -0.05) is 31.4 Å². The van der Waals surface area contributed by atoms with Crippen molar-refractivity contribution in [3.63, 3.8) is 0 Å². The first kappa shape index (κ1) is 14.5. The first-order chi connectivity index (χ1) is 8.04. The molecule has 3 N–H and O–H groups in total. The summed E-state index contributed by atoms with van der Waals surface area (Å²) in [6.45, 7) is 2.07. The Morgan fingerprint density at radius 1 is 1.59 bits per heavy atom. The number of nitrogens with two attached hydrogens (primary N) is 1.